The van der Waals surface area contributed by atoms with E-state index in [-0.39, 0.29) is 11.7 Å². The molecule has 2 aromatic carbocycles. The minimum Gasteiger partial charge on any atom is -0.319 e. The van der Waals surface area contributed by atoms with Crippen LogP contribution < -0.4 is 5.32 Å². The second-order valence-electron chi connectivity index (χ2n) is 5.12. The molecule has 4 nitrogen and oxygen atoms in total. The zero-order valence-electron chi connectivity index (χ0n) is 12.5. The summed E-state index contributed by atoms with van der Waals surface area (Å²) in [6, 6.07) is 13.2. The monoisotopic (exact) mass is 307 g/mol. The summed E-state index contributed by atoms with van der Waals surface area (Å²) in [6.45, 7) is 1.96. The van der Waals surface area contributed by atoms with Gasteiger partial charge in [0.25, 0.3) is 5.91 Å². The molecule has 0 atom stereocenters. The molecule has 0 unspecified atom stereocenters. The van der Waals surface area contributed by atoms with Crippen molar-refractivity contribution < 1.29 is 9.18 Å². The normalized spacial score (nSPS) is 10.3. The van der Waals surface area contributed by atoms with Gasteiger partial charge < -0.3 is 5.32 Å². The zero-order chi connectivity index (χ0) is 16.2. The molecule has 1 N–H and O–H groups in total. The Morgan fingerprint density at radius 2 is 1.57 bits per heavy atom. The average molecular weight is 307 g/mol. The first-order valence-corrected chi connectivity index (χ1v) is 7.08. The summed E-state index contributed by atoms with van der Waals surface area (Å²) >= 11 is 0. The lowest BCUT2D eigenvalue weighted by atomic mass is 10.1. The van der Waals surface area contributed by atoms with Crippen LogP contribution in [0, 0.1) is 12.7 Å². The number of hydrogen-bond donors (Lipinski definition) is 1. The van der Waals surface area contributed by atoms with Crippen LogP contribution in [0.2, 0.25) is 0 Å². The van der Waals surface area contributed by atoms with Gasteiger partial charge in [-0.1, -0.05) is 17.7 Å². The topological polar surface area (TPSA) is 54.9 Å². The highest BCUT2D eigenvalue weighted by Gasteiger charge is 2.07. The molecule has 0 aliphatic rings. The lowest BCUT2D eigenvalue weighted by Crippen LogP contribution is -2.12. The lowest BCUT2D eigenvalue weighted by molar-refractivity contribution is 0.102. The third kappa shape index (κ3) is 3.58. The highest BCUT2D eigenvalue weighted by atomic mass is 19.1. The second kappa shape index (κ2) is 6.36. The molecular weight excluding hydrogens is 293 g/mol. The van der Waals surface area contributed by atoms with Crippen LogP contribution in [0.4, 0.5) is 10.1 Å². The smallest absolute Gasteiger partial charge is 0.255 e. The molecule has 0 aliphatic carbocycles. The molecule has 3 rings (SSSR count). The number of nitrogens with one attached hydrogen (secondary N) is 1. The maximum atomic E-state index is 12.9. The van der Waals surface area contributed by atoms with Crippen molar-refractivity contribution in [2.45, 2.75) is 6.92 Å². The van der Waals surface area contributed by atoms with Crippen LogP contribution in [0.3, 0.4) is 0 Å². The Morgan fingerprint density at radius 1 is 0.957 bits per heavy atom. The highest BCUT2D eigenvalue weighted by Crippen LogP contribution is 2.16. The molecule has 0 saturated heterocycles. The lowest BCUT2D eigenvalue weighted by Gasteiger charge is -2.06. The summed E-state index contributed by atoms with van der Waals surface area (Å²) in [7, 11) is 0. The fourth-order valence-corrected chi connectivity index (χ4v) is 2.05. The van der Waals surface area contributed by atoms with Crippen molar-refractivity contribution in [2.75, 3.05) is 5.32 Å². The third-order valence-corrected chi connectivity index (χ3v) is 3.33. The maximum absolute atomic E-state index is 12.9. The van der Waals surface area contributed by atoms with E-state index < -0.39 is 0 Å². The number of carbonyl (C=O) groups is 1. The van der Waals surface area contributed by atoms with Crippen molar-refractivity contribution in [1.29, 1.82) is 0 Å². The van der Waals surface area contributed by atoms with E-state index in [4.69, 9.17) is 0 Å². The largest absolute Gasteiger partial charge is 0.319 e. The van der Waals surface area contributed by atoms with Gasteiger partial charge in [0.05, 0.1) is 18.1 Å². The molecule has 0 saturated carbocycles. The van der Waals surface area contributed by atoms with E-state index in [1.54, 1.807) is 24.3 Å². The number of hydrogen-bond acceptors (Lipinski definition) is 3. The quantitative estimate of drug-likeness (QED) is 0.799. The van der Waals surface area contributed by atoms with Gasteiger partial charge in [-0.2, -0.15) is 0 Å². The van der Waals surface area contributed by atoms with Crippen LogP contribution >= 0.6 is 0 Å². The minimum absolute atomic E-state index is 0.219. The van der Waals surface area contributed by atoms with E-state index in [2.05, 4.69) is 15.3 Å². The Hall–Kier alpha value is -3.08. The van der Waals surface area contributed by atoms with Gasteiger partial charge in [0.1, 0.15) is 5.82 Å². The van der Waals surface area contributed by atoms with Gasteiger partial charge in [-0.3, -0.25) is 4.79 Å². The number of amides is 1. The fraction of sp³-hybridized carbons (Fsp3) is 0.0556. The molecular formula is C18H14FN3O. The molecule has 1 amide bonds. The first-order valence-electron chi connectivity index (χ1n) is 7.08. The number of nitrogens with zero attached hydrogens (tertiary/aromatic N) is 2. The summed E-state index contributed by atoms with van der Waals surface area (Å²) in [5.74, 6) is -0.0581. The molecule has 0 aliphatic heterocycles. The van der Waals surface area contributed by atoms with E-state index in [0.29, 0.717) is 22.6 Å². The van der Waals surface area contributed by atoms with Gasteiger partial charge in [-0.25, -0.2) is 14.4 Å². The van der Waals surface area contributed by atoms with Gasteiger partial charge in [0.15, 0.2) is 5.82 Å². The Morgan fingerprint density at radius 3 is 2.17 bits per heavy atom. The number of rotatable bonds is 3. The van der Waals surface area contributed by atoms with Crippen molar-refractivity contribution >= 4 is 11.6 Å². The van der Waals surface area contributed by atoms with E-state index >= 15 is 0 Å². The summed E-state index contributed by atoms with van der Waals surface area (Å²) in [6.07, 6.45) is 3.05. The van der Waals surface area contributed by atoms with Crippen LogP contribution in [0.5, 0.6) is 0 Å². The van der Waals surface area contributed by atoms with Crippen LogP contribution in [-0.4, -0.2) is 15.9 Å². The van der Waals surface area contributed by atoms with Gasteiger partial charge in [0, 0.05) is 11.1 Å². The van der Waals surface area contributed by atoms with Crippen molar-refractivity contribution in [3.05, 3.63) is 77.9 Å². The summed E-state index contributed by atoms with van der Waals surface area (Å²) in [5, 5.41) is 2.74. The minimum atomic E-state index is -0.310. The number of anilines is 1. The van der Waals surface area contributed by atoms with E-state index in [0.717, 1.165) is 5.56 Å². The third-order valence-electron chi connectivity index (χ3n) is 3.33. The van der Waals surface area contributed by atoms with Crippen molar-refractivity contribution in [2.24, 2.45) is 0 Å². The SMILES string of the molecule is Cc1ccc(C(=O)Nc2cnc(-c3ccc(F)cc3)nc2)cc1. The summed E-state index contributed by atoms with van der Waals surface area (Å²) in [4.78, 5) is 20.5. The van der Waals surface area contributed by atoms with Crippen LogP contribution in [-0.2, 0) is 0 Å². The van der Waals surface area contributed by atoms with Crippen molar-refractivity contribution in [3.63, 3.8) is 0 Å². The van der Waals surface area contributed by atoms with E-state index in [1.165, 1.54) is 24.5 Å². The summed E-state index contributed by atoms with van der Waals surface area (Å²) in [5.41, 5.74) is 2.87. The first-order chi connectivity index (χ1) is 11.1. The van der Waals surface area contributed by atoms with Gasteiger partial charge >= 0.3 is 0 Å². The number of carbonyl (C=O) groups excluding carboxylic acids is 1. The molecule has 114 valence electrons. The molecule has 5 heteroatoms. The maximum Gasteiger partial charge on any atom is 0.255 e. The Balaban J connectivity index is 1.73. The van der Waals surface area contributed by atoms with Gasteiger partial charge in [0.2, 0.25) is 0 Å². The van der Waals surface area contributed by atoms with E-state index in [9.17, 15) is 9.18 Å². The first kappa shape index (κ1) is 14.8. The molecule has 1 aromatic heterocycles. The molecule has 0 spiro atoms. The second-order valence-corrected chi connectivity index (χ2v) is 5.12. The Labute approximate surface area is 133 Å². The van der Waals surface area contributed by atoms with Gasteiger partial charge in [-0.05, 0) is 43.3 Å². The van der Waals surface area contributed by atoms with Crippen LogP contribution in [0.15, 0.2) is 60.9 Å². The zero-order valence-corrected chi connectivity index (χ0v) is 12.5. The van der Waals surface area contributed by atoms with E-state index in [1.807, 2.05) is 19.1 Å². The number of aromatic nitrogens is 2. The number of aryl methyl sites for hydroxylation is 1. The van der Waals surface area contributed by atoms with Crippen molar-refractivity contribution in [3.8, 4) is 11.4 Å². The van der Waals surface area contributed by atoms with Crippen molar-refractivity contribution in [1.82, 2.24) is 9.97 Å². The highest BCUT2D eigenvalue weighted by molar-refractivity contribution is 6.04. The molecule has 23 heavy (non-hydrogen) atoms. The Bertz CT molecular complexity index is 812. The van der Waals surface area contributed by atoms with Crippen LogP contribution in [0.1, 0.15) is 15.9 Å². The molecule has 0 bridgehead atoms. The Kier molecular flexibility index (Phi) is 4.10. The predicted octanol–water partition coefficient (Wildman–Crippen LogP) is 3.84. The summed E-state index contributed by atoms with van der Waals surface area (Å²) < 4.78 is 12.9. The molecule has 0 radical (unpaired) electrons. The predicted molar refractivity (Wildman–Crippen MR) is 86.6 cm³/mol. The standard InChI is InChI=1S/C18H14FN3O/c1-12-2-4-14(5-3-12)18(23)22-16-10-20-17(21-11-16)13-6-8-15(19)9-7-13/h2-11H,1H3,(H,22,23). The fourth-order valence-electron chi connectivity index (χ4n) is 2.05. The van der Waals surface area contributed by atoms with Gasteiger partial charge in [-0.15, -0.1) is 0 Å². The van der Waals surface area contributed by atoms with Crippen LogP contribution in [0.25, 0.3) is 11.4 Å². The molecule has 1 heterocycles. The number of halogens is 1. The molecule has 3 aromatic rings. The number of benzene rings is 2. The average Bonchev–Trinajstić information content (AvgIpc) is 2.57. The molecule has 0 fully saturated rings.